The minimum Gasteiger partial charge on any atom is -0.507 e. The molecule has 3 rings (SSSR count). The molecule has 3 aromatic rings. The summed E-state index contributed by atoms with van der Waals surface area (Å²) in [5.41, 5.74) is 0.856. The van der Waals surface area contributed by atoms with Gasteiger partial charge < -0.3 is 15.7 Å². The monoisotopic (exact) mass is 397 g/mol. The number of anilines is 2. The molecule has 3 N–H and O–H groups in total. The van der Waals surface area contributed by atoms with Crippen LogP contribution >= 0.6 is 23.2 Å². The fraction of sp³-hybridized carbons (Fsp3) is 0. The predicted molar refractivity (Wildman–Crippen MR) is 108 cm³/mol. The average molecular weight is 398 g/mol. The molecule has 0 aliphatic rings. The first-order valence-electron chi connectivity index (χ1n) is 7.83. The largest absolute Gasteiger partial charge is 0.507 e. The van der Waals surface area contributed by atoms with Crippen LogP contribution in [0.5, 0.6) is 5.75 Å². The molecule has 0 atom stereocenters. The highest BCUT2D eigenvalue weighted by Gasteiger charge is 2.12. The average Bonchev–Trinajstić information content (AvgIpc) is 2.64. The molecule has 0 heterocycles. The van der Waals surface area contributed by atoms with Crippen molar-refractivity contribution in [2.24, 2.45) is 0 Å². The number of carbonyl (C=O) groups excluding carboxylic acids is 1. The Kier molecular flexibility index (Phi) is 5.51. The lowest BCUT2D eigenvalue weighted by Crippen LogP contribution is -2.14. The van der Waals surface area contributed by atoms with Gasteiger partial charge in [-0.15, -0.1) is 0 Å². The molecule has 0 aliphatic heterocycles. The molecule has 0 bridgehead atoms. The van der Waals surface area contributed by atoms with Gasteiger partial charge in [0.25, 0.3) is 5.91 Å². The summed E-state index contributed by atoms with van der Waals surface area (Å²) >= 11 is 11.9. The number of amides is 1. The van der Waals surface area contributed by atoms with Crippen molar-refractivity contribution in [3.05, 3.63) is 76.4 Å². The molecule has 7 heteroatoms. The van der Waals surface area contributed by atoms with Gasteiger partial charge in [-0.3, -0.25) is 4.79 Å². The molecule has 27 heavy (non-hydrogen) atoms. The number of halogens is 2. The molecule has 5 nitrogen and oxygen atoms in total. The van der Waals surface area contributed by atoms with Crippen LogP contribution in [-0.2, 0) is 4.79 Å². The van der Waals surface area contributed by atoms with E-state index < -0.39 is 5.91 Å². The van der Waals surface area contributed by atoms with E-state index in [2.05, 4.69) is 10.6 Å². The highest BCUT2D eigenvalue weighted by Crippen LogP contribution is 2.30. The number of benzene rings is 3. The number of aromatic hydroxyl groups is 1. The number of phenolic OH excluding ortho intramolecular Hbond substituents is 1. The summed E-state index contributed by atoms with van der Waals surface area (Å²) in [6.45, 7) is 0. The van der Waals surface area contributed by atoms with Crippen LogP contribution < -0.4 is 10.6 Å². The molecule has 134 valence electrons. The molecule has 3 aromatic carbocycles. The topological polar surface area (TPSA) is 85.2 Å². The van der Waals surface area contributed by atoms with Crippen molar-refractivity contribution >= 4 is 51.3 Å². The molecule has 0 radical (unpaired) electrons. The van der Waals surface area contributed by atoms with Crippen LogP contribution in [-0.4, -0.2) is 11.0 Å². The third-order valence-corrected chi connectivity index (χ3v) is 4.36. The smallest absolute Gasteiger partial charge is 0.267 e. The fourth-order valence-corrected chi connectivity index (χ4v) is 2.96. The predicted octanol–water partition coefficient (Wildman–Crippen LogP) is 5.31. The molecule has 0 aromatic heterocycles. The summed E-state index contributed by atoms with van der Waals surface area (Å²) in [5, 5.41) is 26.9. The summed E-state index contributed by atoms with van der Waals surface area (Å²) in [6.07, 6.45) is 1.27. The Balaban J connectivity index is 1.84. The highest BCUT2D eigenvalue weighted by atomic mass is 35.5. The van der Waals surface area contributed by atoms with Crippen LogP contribution in [0.25, 0.3) is 10.8 Å². The fourth-order valence-electron chi connectivity index (χ4n) is 2.50. The zero-order valence-corrected chi connectivity index (χ0v) is 15.3. The van der Waals surface area contributed by atoms with E-state index in [0.29, 0.717) is 32.2 Å². The Labute approximate surface area is 165 Å². The Hall–Kier alpha value is -3.20. The molecule has 1 amide bonds. The van der Waals surface area contributed by atoms with Gasteiger partial charge in [-0.05, 0) is 30.3 Å². The molecule has 0 saturated heterocycles. The lowest BCUT2D eigenvalue weighted by atomic mass is 10.1. The lowest BCUT2D eigenvalue weighted by Gasteiger charge is -2.10. The highest BCUT2D eigenvalue weighted by molar-refractivity contribution is 6.36. The van der Waals surface area contributed by atoms with Gasteiger partial charge in [-0.2, -0.15) is 5.26 Å². The van der Waals surface area contributed by atoms with E-state index in [4.69, 9.17) is 23.2 Å². The number of hydrogen-bond donors (Lipinski definition) is 3. The Morgan fingerprint density at radius 3 is 2.52 bits per heavy atom. The first kappa shape index (κ1) is 18.6. The third kappa shape index (κ3) is 4.14. The maximum atomic E-state index is 12.5. The normalized spacial score (nSPS) is 11.1. The van der Waals surface area contributed by atoms with Gasteiger partial charge in [0.15, 0.2) is 0 Å². The van der Waals surface area contributed by atoms with Crippen LogP contribution in [0.3, 0.4) is 0 Å². The van der Waals surface area contributed by atoms with Crippen molar-refractivity contribution < 1.29 is 9.90 Å². The maximum Gasteiger partial charge on any atom is 0.267 e. The van der Waals surface area contributed by atoms with Crippen molar-refractivity contribution in [1.29, 1.82) is 5.26 Å². The number of rotatable bonds is 4. The van der Waals surface area contributed by atoms with Gasteiger partial charge in [0, 0.05) is 27.7 Å². The second-order valence-electron chi connectivity index (χ2n) is 5.57. The van der Waals surface area contributed by atoms with Crippen LogP contribution in [0.1, 0.15) is 0 Å². The van der Waals surface area contributed by atoms with Gasteiger partial charge >= 0.3 is 0 Å². The van der Waals surface area contributed by atoms with Crippen molar-refractivity contribution in [2.75, 3.05) is 10.6 Å². The molecule has 0 aliphatic carbocycles. The first-order chi connectivity index (χ1) is 13.0. The summed E-state index contributed by atoms with van der Waals surface area (Å²) in [6, 6.07) is 16.8. The maximum absolute atomic E-state index is 12.5. The Morgan fingerprint density at radius 2 is 1.78 bits per heavy atom. The summed E-state index contributed by atoms with van der Waals surface area (Å²) in [4.78, 5) is 12.5. The number of nitriles is 1. The van der Waals surface area contributed by atoms with E-state index >= 15 is 0 Å². The number of nitrogens with zero attached hydrogens (tertiary/aromatic N) is 1. The summed E-state index contributed by atoms with van der Waals surface area (Å²) < 4.78 is 0. The number of hydrogen-bond acceptors (Lipinski definition) is 4. The van der Waals surface area contributed by atoms with E-state index in [0.717, 1.165) is 0 Å². The molecule has 0 spiro atoms. The second-order valence-corrected chi connectivity index (χ2v) is 6.41. The number of fused-ring (bicyclic) bond motifs is 1. The van der Waals surface area contributed by atoms with Crippen LogP contribution in [0.2, 0.25) is 10.0 Å². The number of nitrogens with one attached hydrogen (secondary N) is 2. The van der Waals surface area contributed by atoms with Crippen molar-refractivity contribution in [3.8, 4) is 11.8 Å². The number of phenols is 1. The van der Waals surface area contributed by atoms with Crippen molar-refractivity contribution in [1.82, 2.24) is 0 Å². The van der Waals surface area contributed by atoms with E-state index in [-0.39, 0.29) is 11.3 Å². The van der Waals surface area contributed by atoms with Gasteiger partial charge in [0.2, 0.25) is 0 Å². The van der Waals surface area contributed by atoms with E-state index in [9.17, 15) is 15.2 Å². The van der Waals surface area contributed by atoms with Gasteiger partial charge in [0.05, 0.1) is 10.7 Å². The van der Waals surface area contributed by atoms with Crippen LogP contribution in [0.15, 0.2) is 66.4 Å². The third-order valence-electron chi connectivity index (χ3n) is 3.82. The second kappa shape index (κ2) is 8.00. The SMILES string of the molecule is N#C/C(=C/Nc1ccc(Cl)cc1Cl)C(=O)Nc1cccc2c(O)cccc12. The quantitative estimate of drug-likeness (QED) is 0.411. The van der Waals surface area contributed by atoms with Crippen molar-refractivity contribution in [3.63, 3.8) is 0 Å². The van der Waals surface area contributed by atoms with E-state index in [1.165, 1.54) is 6.20 Å². The van der Waals surface area contributed by atoms with Gasteiger partial charge in [-0.1, -0.05) is 47.5 Å². The summed E-state index contributed by atoms with van der Waals surface area (Å²) in [5.74, 6) is -0.482. The number of carbonyl (C=O) groups is 1. The zero-order valence-electron chi connectivity index (χ0n) is 13.8. The zero-order chi connectivity index (χ0) is 19.4. The molecule has 0 fully saturated rings. The van der Waals surface area contributed by atoms with Crippen molar-refractivity contribution in [2.45, 2.75) is 0 Å². The van der Waals surface area contributed by atoms with Crippen LogP contribution in [0.4, 0.5) is 11.4 Å². The van der Waals surface area contributed by atoms with Gasteiger partial charge in [-0.25, -0.2) is 0 Å². The molecular weight excluding hydrogens is 385 g/mol. The standard InChI is InChI=1S/C20H13Cl2N3O2/c21-13-7-8-18(16(22)9-13)24-11-12(10-23)20(27)25-17-5-1-4-15-14(17)3-2-6-19(15)26/h1-9,11,24,26H,(H,25,27)/b12-11-. The minimum absolute atomic E-state index is 0.110. The minimum atomic E-state index is -0.592. The van der Waals surface area contributed by atoms with Crippen LogP contribution in [0, 0.1) is 11.3 Å². The molecule has 0 unspecified atom stereocenters. The van der Waals surface area contributed by atoms with E-state index in [1.54, 1.807) is 54.6 Å². The van der Waals surface area contributed by atoms with E-state index in [1.807, 2.05) is 6.07 Å². The Morgan fingerprint density at radius 1 is 1.04 bits per heavy atom. The lowest BCUT2D eigenvalue weighted by molar-refractivity contribution is -0.112. The molecule has 0 saturated carbocycles. The Bertz CT molecular complexity index is 1100. The molecular formula is C20H13Cl2N3O2. The first-order valence-corrected chi connectivity index (χ1v) is 8.59. The summed E-state index contributed by atoms with van der Waals surface area (Å²) in [7, 11) is 0. The van der Waals surface area contributed by atoms with Gasteiger partial charge in [0.1, 0.15) is 17.4 Å².